The van der Waals surface area contributed by atoms with Gasteiger partial charge in [0.15, 0.2) is 0 Å². The van der Waals surface area contributed by atoms with E-state index in [9.17, 15) is 9.59 Å². The molecule has 7 heteroatoms. The Labute approximate surface area is 149 Å². The van der Waals surface area contributed by atoms with Crippen molar-refractivity contribution in [2.45, 2.75) is 38.8 Å². The normalized spacial score (nSPS) is 10.2. The van der Waals surface area contributed by atoms with Crippen LogP contribution in [-0.2, 0) is 27.5 Å². The van der Waals surface area contributed by atoms with E-state index in [1.807, 2.05) is 10.8 Å². The van der Waals surface area contributed by atoms with Gasteiger partial charge in [0, 0.05) is 32.4 Å². The summed E-state index contributed by atoms with van der Waals surface area (Å²) in [6.45, 7) is 10.1. The molecule has 2 amide bonds. The number of carbonyl (C=O) groups is 2. The summed E-state index contributed by atoms with van der Waals surface area (Å²) in [6, 6.07) is 0. The second-order valence-corrected chi connectivity index (χ2v) is 5.56. The first-order valence-electron chi connectivity index (χ1n) is 8.54. The highest BCUT2D eigenvalue weighted by molar-refractivity contribution is 5.87. The molecule has 0 saturated heterocycles. The molecule has 1 heterocycles. The van der Waals surface area contributed by atoms with Crippen LogP contribution in [0, 0.1) is 0 Å². The van der Waals surface area contributed by atoms with Crippen LogP contribution in [0.2, 0.25) is 0 Å². The molecule has 0 aromatic carbocycles. The van der Waals surface area contributed by atoms with Crippen molar-refractivity contribution >= 4 is 11.8 Å². The van der Waals surface area contributed by atoms with E-state index in [-0.39, 0.29) is 11.8 Å². The highest BCUT2D eigenvalue weighted by Gasteiger charge is 2.00. The molecule has 1 rings (SSSR count). The van der Waals surface area contributed by atoms with Crippen LogP contribution in [0.3, 0.4) is 0 Å². The number of hydrogen-bond donors (Lipinski definition) is 2. The molecular weight excluding hydrogens is 320 g/mol. The van der Waals surface area contributed by atoms with Crippen LogP contribution < -0.4 is 10.6 Å². The lowest BCUT2D eigenvalue weighted by molar-refractivity contribution is -0.117. The lowest BCUT2D eigenvalue weighted by atomic mass is 10.3. The summed E-state index contributed by atoms with van der Waals surface area (Å²) in [4.78, 5) is 26.3. The predicted molar refractivity (Wildman–Crippen MR) is 96.8 cm³/mol. The van der Waals surface area contributed by atoms with E-state index in [0.717, 1.165) is 37.9 Å². The summed E-state index contributed by atoms with van der Waals surface area (Å²) in [5.74, 6) is -0.278. The predicted octanol–water partition coefficient (Wildman–Crippen LogP) is 1.56. The molecule has 0 saturated carbocycles. The van der Waals surface area contributed by atoms with Gasteiger partial charge in [0.05, 0.1) is 18.6 Å². The maximum Gasteiger partial charge on any atom is 0.243 e. The van der Waals surface area contributed by atoms with Crippen LogP contribution in [0.5, 0.6) is 0 Å². The van der Waals surface area contributed by atoms with Crippen molar-refractivity contribution in [1.82, 2.24) is 20.2 Å². The third-order valence-electron chi connectivity index (χ3n) is 3.46. The minimum atomic E-state index is -0.144. The number of nitrogens with one attached hydrogen (secondary N) is 2. The highest BCUT2D eigenvalue weighted by Crippen LogP contribution is 2.02. The Morgan fingerprint density at radius 3 is 2.36 bits per heavy atom. The van der Waals surface area contributed by atoms with Gasteiger partial charge in [-0.25, -0.2) is 4.98 Å². The van der Waals surface area contributed by atoms with Crippen molar-refractivity contribution in [1.29, 1.82) is 0 Å². The number of amides is 2. The van der Waals surface area contributed by atoms with E-state index in [1.54, 1.807) is 6.33 Å². The molecule has 138 valence electrons. The number of hydrogen-bond acceptors (Lipinski definition) is 4. The number of aromatic nitrogens is 2. The minimum Gasteiger partial charge on any atom is -0.375 e. The van der Waals surface area contributed by atoms with Gasteiger partial charge >= 0.3 is 0 Å². The monoisotopic (exact) mass is 348 g/mol. The molecular formula is C18H28N4O3. The number of aryl methyl sites for hydroxylation is 1. The maximum absolute atomic E-state index is 11.0. The standard InChI is InChI=1S/C18H28N4O3/c1-3-17(23)19-9-5-7-11-22-13-16(21-15-22)14-25-12-8-6-10-20-18(24)4-2/h3-4,13,15H,1-2,5-12,14H2,(H,19,23)(H,20,24). The summed E-state index contributed by atoms with van der Waals surface area (Å²) >= 11 is 0. The van der Waals surface area contributed by atoms with E-state index in [1.165, 1.54) is 12.2 Å². The molecule has 7 nitrogen and oxygen atoms in total. The Hall–Kier alpha value is -2.41. The first kappa shape index (κ1) is 20.6. The van der Waals surface area contributed by atoms with Crippen molar-refractivity contribution in [3.8, 4) is 0 Å². The van der Waals surface area contributed by atoms with Gasteiger partial charge in [0.25, 0.3) is 0 Å². The SMILES string of the molecule is C=CC(=O)NCCCCOCc1cn(CCCCNC(=O)C=C)cn1. The summed E-state index contributed by atoms with van der Waals surface area (Å²) in [7, 11) is 0. The Bertz CT molecular complexity index is 554. The maximum atomic E-state index is 11.0. The molecule has 2 N–H and O–H groups in total. The Morgan fingerprint density at radius 1 is 1.08 bits per heavy atom. The van der Waals surface area contributed by atoms with Gasteiger partial charge < -0.3 is 19.9 Å². The largest absolute Gasteiger partial charge is 0.375 e. The fraction of sp³-hybridized carbons (Fsp3) is 0.500. The van der Waals surface area contributed by atoms with Crippen molar-refractivity contribution in [2.24, 2.45) is 0 Å². The molecule has 0 atom stereocenters. The van der Waals surface area contributed by atoms with Gasteiger partial charge in [-0.1, -0.05) is 13.2 Å². The number of unbranched alkanes of at least 4 members (excludes halogenated alkanes) is 2. The molecule has 0 unspecified atom stereocenters. The Morgan fingerprint density at radius 2 is 1.72 bits per heavy atom. The van der Waals surface area contributed by atoms with Crippen molar-refractivity contribution in [3.05, 3.63) is 43.5 Å². The number of rotatable bonds is 14. The average Bonchev–Trinajstić information content (AvgIpc) is 3.07. The molecule has 0 radical (unpaired) electrons. The number of nitrogens with zero attached hydrogens (tertiary/aromatic N) is 2. The first-order chi connectivity index (χ1) is 12.2. The molecule has 0 aliphatic carbocycles. The second kappa shape index (κ2) is 12.9. The van der Waals surface area contributed by atoms with E-state index in [0.29, 0.717) is 26.3 Å². The summed E-state index contributed by atoms with van der Waals surface area (Å²) in [6.07, 6.45) is 9.95. The number of carbonyl (C=O) groups excluding carboxylic acids is 2. The second-order valence-electron chi connectivity index (χ2n) is 5.56. The van der Waals surface area contributed by atoms with Gasteiger partial charge in [-0.3, -0.25) is 9.59 Å². The molecule has 0 spiro atoms. The van der Waals surface area contributed by atoms with Crippen molar-refractivity contribution < 1.29 is 14.3 Å². The minimum absolute atomic E-state index is 0.134. The highest BCUT2D eigenvalue weighted by atomic mass is 16.5. The third kappa shape index (κ3) is 10.1. The van der Waals surface area contributed by atoms with Crippen LogP contribution in [0.4, 0.5) is 0 Å². The quantitative estimate of drug-likeness (QED) is 0.395. The van der Waals surface area contributed by atoms with Crippen LogP contribution in [0.25, 0.3) is 0 Å². The fourth-order valence-electron chi connectivity index (χ4n) is 2.10. The summed E-state index contributed by atoms with van der Waals surface area (Å²) < 4.78 is 7.61. The third-order valence-corrected chi connectivity index (χ3v) is 3.46. The molecule has 0 bridgehead atoms. The average molecular weight is 348 g/mol. The molecule has 1 aromatic heterocycles. The molecule has 0 fully saturated rings. The van der Waals surface area contributed by atoms with Gasteiger partial charge in [-0.15, -0.1) is 0 Å². The lowest BCUT2D eigenvalue weighted by Gasteiger charge is -2.04. The smallest absolute Gasteiger partial charge is 0.243 e. The number of imidazole rings is 1. The van der Waals surface area contributed by atoms with E-state index < -0.39 is 0 Å². The fourth-order valence-corrected chi connectivity index (χ4v) is 2.10. The molecule has 0 aliphatic heterocycles. The topological polar surface area (TPSA) is 85.2 Å². The first-order valence-corrected chi connectivity index (χ1v) is 8.54. The van der Waals surface area contributed by atoms with Crippen molar-refractivity contribution in [3.63, 3.8) is 0 Å². The molecule has 0 aliphatic rings. The van der Waals surface area contributed by atoms with Crippen LogP contribution in [0.15, 0.2) is 37.8 Å². The van der Waals surface area contributed by atoms with Gasteiger partial charge in [-0.05, 0) is 37.8 Å². The zero-order chi connectivity index (χ0) is 18.3. The molecule has 25 heavy (non-hydrogen) atoms. The lowest BCUT2D eigenvalue weighted by Crippen LogP contribution is -2.22. The van der Waals surface area contributed by atoms with Crippen LogP contribution >= 0.6 is 0 Å². The zero-order valence-electron chi connectivity index (χ0n) is 14.7. The van der Waals surface area contributed by atoms with Crippen LogP contribution in [0.1, 0.15) is 31.4 Å². The Balaban J connectivity index is 2.03. The number of ether oxygens (including phenoxy) is 1. The molecule has 1 aromatic rings. The summed E-state index contributed by atoms with van der Waals surface area (Å²) in [5, 5.41) is 5.48. The summed E-state index contributed by atoms with van der Waals surface area (Å²) in [5.41, 5.74) is 0.903. The van der Waals surface area contributed by atoms with Gasteiger partial charge in [0.2, 0.25) is 11.8 Å². The van der Waals surface area contributed by atoms with E-state index in [4.69, 9.17) is 4.74 Å². The van der Waals surface area contributed by atoms with Crippen LogP contribution in [-0.4, -0.2) is 41.1 Å². The van der Waals surface area contributed by atoms with E-state index in [2.05, 4.69) is 28.8 Å². The Kier molecular flexibility index (Phi) is 10.7. The van der Waals surface area contributed by atoms with Gasteiger partial charge in [0.1, 0.15) is 0 Å². The zero-order valence-corrected chi connectivity index (χ0v) is 14.7. The van der Waals surface area contributed by atoms with Crippen molar-refractivity contribution in [2.75, 3.05) is 19.7 Å². The van der Waals surface area contributed by atoms with Gasteiger partial charge in [-0.2, -0.15) is 0 Å². The van der Waals surface area contributed by atoms with E-state index >= 15 is 0 Å².